The highest BCUT2D eigenvalue weighted by Crippen LogP contribution is 2.02. The van der Waals surface area contributed by atoms with Crippen LogP contribution in [0.15, 0.2) is 6.20 Å². The van der Waals surface area contributed by atoms with Crippen molar-refractivity contribution in [2.45, 2.75) is 66.3 Å². The number of carbonyl (C=O) groups excluding carboxylic acids is 1. The lowest BCUT2D eigenvalue weighted by atomic mass is 10.2. The van der Waals surface area contributed by atoms with Crippen LogP contribution in [0.5, 0.6) is 0 Å². The second-order valence-corrected chi connectivity index (χ2v) is 6.33. The van der Waals surface area contributed by atoms with E-state index >= 15 is 0 Å². The molecule has 0 radical (unpaired) electrons. The summed E-state index contributed by atoms with van der Waals surface area (Å²) in [6.07, 6.45) is 7.06. The normalized spacial score (nSPS) is 10.6. The van der Waals surface area contributed by atoms with Crippen molar-refractivity contribution in [2.75, 3.05) is 52.9 Å². The second kappa shape index (κ2) is 21.4. The molecule has 0 atom stereocenters. The van der Waals surface area contributed by atoms with Crippen LogP contribution in [-0.2, 0) is 36.7 Å². The van der Waals surface area contributed by atoms with Crippen molar-refractivity contribution in [3.8, 4) is 0 Å². The van der Waals surface area contributed by atoms with Gasteiger partial charge in [-0.15, -0.1) is 5.10 Å². The minimum atomic E-state index is 0.139. The van der Waals surface area contributed by atoms with E-state index in [-0.39, 0.29) is 5.78 Å². The van der Waals surface area contributed by atoms with Crippen LogP contribution >= 0.6 is 0 Å². The molecule has 1 aromatic rings. The van der Waals surface area contributed by atoms with Gasteiger partial charge in [-0.1, -0.05) is 38.8 Å². The fraction of sp³-hybridized carbons (Fsp3) is 0.857. The standard InChI is InChI=1S/C19H35N3O5.C2H6/c1-3-4-5-6-19-17-22(21-20-19)8-10-25-12-14-27-16-15-26-13-11-24-9-7-18(2)23;1-2/h17H,3-16H2,1-2H3;1-2H3. The average Bonchev–Trinajstić information content (AvgIpc) is 3.17. The highest BCUT2D eigenvalue weighted by atomic mass is 16.6. The summed E-state index contributed by atoms with van der Waals surface area (Å²) in [5, 5.41) is 8.28. The van der Waals surface area contributed by atoms with Crippen LogP contribution < -0.4 is 0 Å². The molecule has 0 saturated heterocycles. The SMILES string of the molecule is CC.CCCCCc1cn(CCOCCOCCOCCOCCC(C)=O)nn1. The van der Waals surface area contributed by atoms with Gasteiger partial charge in [-0.25, -0.2) is 4.68 Å². The number of ketones is 1. The van der Waals surface area contributed by atoms with Gasteiger partial charge >= 0.3 is 0 Å². The maximum absolute atomic E-state index is 10.7. The van der Waals surface area contributed by atoms with E-state index in [9.17, 15) is 4.79 Å². The van der Waals surface area contributed by atoms with Crippen molar-refractivity contribution in [1.29, 1.82) is 0 Å². The van der Waals surface area contributed by atoms with Crippen LogP contribution in [0.4, 0.5) is 0 Å². The Bertz CT molecular complexity index is 483. The Morgan fingerprint density at radius 1 is 0.897 bits per heavy atom. The van der Waals surface area contributed by atoms with Crippen molar-refractivity contribution < 1.29 is 23.7 Å². The zero-order valence-corrected chi connectivity index (χ0v) is 18.9. The first kappa shape index (κ1) is 27.6. The van der Waals surface area contributed by atoms with Crippen molar-refractivity contribution in [2.24, 2.45) is 0 Å². The molecule has 0 fully saturated rings. The number of hydrogen-bond acceptors (Lipinski definition) is 7. The molecular weight excluding hydrogens is 374 g/mol. The minimum Gasteiger partial charge on any atom is -0.379 e. The van der Waals surface area contributed by atoms with Gasteiger partial charge in [0.2, 0.25) is 0 Å². The number of Topliss-reactive ketones (excluding diaryl/α,β-unsaturated/α-hetero) is 1. The van der Waals surface area contributed by atoms with E-state index in [1.165, 1.54) is 19.3 Å². The fourth-order valence-electron chi connectivity index (χ4n) is 2.25. The van der Waals surface area contributed by atoms with Gasteiger partial charge in [0.15, 0.2) is 0 Å². The number of ether oxygens (including phenoxy) is 4. The van der Waals surface area contributed by atoms with Gasteiger partial charge in [0, 0.05) is 12.6 Å². The molecule has 0 bridgehead atoms. The van der Waals surface area contributed by atoms with E-state index in [0.29, 0.717) is 65.8 Å². The molecule has 0 amide bonds. The van der Waals surface area contributed by atoms with Gasteiger partial charge in [0.05, 0.1) is 65.1 Å². The van der Waals surface area contributed by atoms with Crippen molar-refractivity contribution in [3.05, 3.63) is 11.9 Å². The van der Waals surface area contributed by atoms with Crippen LogP contribution in [0.3, 0.4) is 0 Å². The lowest BCUT2D eigenvalue weighted by Gasteiger charge is -2.07. The third-order valence-electron chi connectivity index (χ3n) is 3.80. The zero-order valence-electron chi connectivity index (χ0n) is 18.9. The summed E-state index contributed by atoms with van der Waals surface area (Å²) in [6, 6.07) is 0. The minimum absolute atomic E-state index is 0.139. The smallest absolute Gasteiger partial charge is 0.132 e. The first-order valence-electron chi connectivity index (χ1n) is 10.9. The van der Waals surface area contributed by atoms with E-state index in [1.807, 2.05) is 24.7 Å². The molecule has 29 heavy (non-hydrogen) atoms. The van der Waals surface area contributed by atoms with E-state index in [0.717, 1.165) is 12.1 Å². The lowest BCUT2D eigenvalue weighted by molar-refractivity contribution is -0.118. The predicted octanol–water partition coefficient (Wildman–Crippen LogP) is 3.08. The first-order chi connectivity index (χ1) is 14.2. The van der Waals surface area contributed by atoms with Crippen LogP contribution in [-0.4, -0.2) is 73.6 Å². The number of hydrogen-bond donors (Lipinski definition) is 0. The molecule has 1 aromatic heterocycles. The molecule has 0 N–H and O–H groups in total. The molecular formula is C21H41N3O5. The van der Waals surface area contributed by atoms with Gasteiger partial charge in [0.1, 0.15) is 5.78 Å². The van der Waals surface area contributed by atoms with Crippen molar-refractivity contribution in [1.82, 2.24) is 15.0 Å². The zero-order chi connectivity index (χ0) is 21.6. The quantitative estimate of drug-likeness (QED) is 0.321. The number of carbonyl (C=O) groups is 1. The molecule has 8 heteroatoms. The Balaban J connectivity index is 0.00000379. The van der Waals surface area contributed by atoms with Crippen molar-refractivity contribution >= 4 is 5.78 Å². The number of nitrogens with zero attached hydrogens (tertiary/aromatic N) is 3. The Kier molecular flexibility index (Phi) is 20.4. The Hall–Kier alpha value is -1.35. The van der Waals surface area contributed by atoms with Gasteiger partial charge in [0.25, 0.3) is 0 Å². The Labute approximate surface area is 176 Å². The monoisotopic (exact) mass is 415 g/mol. The summed E-state index contributed by atoms with van der Waals surface area (Å²) in [6.45, 7) is 12.7. The molecule has 8 nitrogen and oxygen atoms in total. The predicted molar refractivity (Wildman–Crippen MR) is 113 cm³/mol. The van der Waals surface area contributed by atoms with E-state index < -0.39 is 0 Å². The van der Waals surface area contributed by atoms with Crippen LogP contribution in [0.2, 0.25) is 0 Å². The summed E-state index contributed by atoms with van der Waals surface area (Å²) in [7, 11) is 0. The molecule has 0 unspecified atom stereocenters. The molecule has 0 aliphatic carbocycles. The second-order valence-electron chi connectivity index (χ2n) is 6.33. The number of rotatable bonds is 19. The molecule has 0 spiro atoms. The largest absolute Gasteiger partial charge is 0.379 e. The number of aryl methyl sites for hydroxylation is 1. The fourth-order valence-corrected chi connectivity index (χ4v) is 2.25. The molecule has 1 rings (SSSR count). The molecule has 1 heterocycles. The summed E-state index contributed by atoms with van der Waals surface area (Å²) in [5.41, 5.74) is 1.05. The molecule has 0 aliphatic heterocycles. The Morgan fingerprint density at radius 2 is 1.45 bits per heavy atom. The maximum Gasteiger partial charge on any atom is 0.132 e. The Morgan fingerprint density at radius 3 is 2.00 bits per heavy atom. The molecule has 170 valence electrons. The summed E-state index contributed by atoms with van der Waals surface area (Å²) in [4.78, 5) is 10.7. The summed E-state index contributed by atoms with van der Waals surface area (Å²) in [5.74, 6) is 0.139. The molecule has 0 aliphatic rings. The van der Waals surface area contributed by atoms with Crippen LogP contribution in [0, 0.1) is 0 Å². The first-order valence-corrected chi connectivity index (χ1v) is 10.9. The third-order valence-corrected chi connectivity index (χ3v) is 3.80. The van der Waals surface area contributed by atoms with Crippen LogP contribution in [0.25, 0.3) is 0 Å². The average molecular weight is 416 g/mol. The van der Waals surface area contributed by atoms with Crippen molar-refractivity contribution in [3.63, 3.8) is 0 Å². The maximum atomic E-state index is 10.7. The van der Waals surface area contributed by atoms with Gasteiger partial charge in [-0.2, -0.15) is 0 Å². The van der Waals surface area contributed by atoms with E-state index in [4.69, 9.17) is 18.9 Å². The van der Waals surface area contributed by atoms with E-state index in [1.54, 1.807) is 6.92 Å². The van der Waals surface area contributed by atoms with E-state index in [2.05, 4.69) is 17.2 Å². The van der Waals surface area contributed by atoms with Gasteiger partial charge < -0.3 is 18.9 Å². The van der Waals surface area contributed by atoms with Crippen LogP contribution in [0.1, 0.15) is 59.1 Å². The highest BCUT2D eigenvalue weighted by molar-refractivity contribution is 5.75. The number of aromatic nitrogens is 3. The lowest BCUT2D eigenvalue weighted by Crippen LogP contribution is -2.13. The molecule has 0 aromatic carbocycles. The summed E-state index contributed by atoms with van der Waals surface area (Å²) < 4.78 is 23.4. The van der Waals surface area contributed by atoms with Gasteiger partial charge in [-0.05, 0) is 19.8 Å². The highest BCUT2D eigenvalue weighted by Gasteiger charge is 2.00. The molecule has 0 saturated carbocycles. The third kappa shape index (κ3) is 18.4. The van der Waals surface area contributed by atoms with Gasteiger partial charge in [-0.3, -0.25) is 4.79 Å². The summed E-state index contributed by atoms with van der Waals surface area (Å²) >= 11 is 0. The number of unbranched alkanes of at least 4 members (excludes halogenated alkanes) is 2. The topological polar surface area (TPSA) is 84.7 Å².